The zero-order valence-corrected chi connectivity index (χ0v) is 36.9. The molecule has 1 N–H and O–H groups in total. The Hall–Kier alpha value is -6.32. The maximum atomic E-state index is 14.3. The Morgan fingerprint density at radius 1 is 0.541 bits per heavy atom. The molecule has 0 spiro atoms. The van der Waals surface area contributed by atoms with Crippen LogP contribution in [0.1, 0.15) is 65.5 Å². The minimum Gasteiger partial charge on any atom is -0.497 e. The van der Waals surface area contributed by atoms with Gasteiger partial charge in [0.25, 0.3) is 0 Å². The van der Waals surface area contributed by atoms with E-state index in [1.165, 1.54) is 45.6 Å². The summed E-state index contributed by atoms with van der Waals surface area (Å²) in [6.07, 6.45) is 10.2. The van der Waals surface area contributed by atoms with E-state index in [2.05, 4.69) is 25.7 Å². The largest absolute Gasteiger partial charge is 0.530 e. The van der Waals surface area contributed by atoms with Gasteiger partial charge >= 0.3 is 17.2 Å². The first-order valence-electron chi connectivity index (χ1n) is 19.2. The number of ketones is 2. The summed E-state index contributed by atoms with van der Waals surface area (Å²) in [7, 11) is 1.16. The van der Waals surface area contributed by atoms with Crippen LogP contribution in [0.25, 0.3) is 0 Å². The molecule has 1 aliphatic rings. The van der Waals surface area contributed by atoms with Gasteiger partial charge in [-0.15, -0.1) is 0 Å². The fourth-order valence-corrected chi connectivity index (χ4v) is 7.23. The van der Waals surface area contributed by atoms with E-state index in [-0.39, 0.29) is 39.5 Å². The third kappa shape index (κ3) is 12.8. The van der Waals surface area contributed by atoms with Crippen LogP contribution in [-0.2, 0) is 4.74 Å². The molecule has 5 aromatic rings. The van der Waals surface area contributed by atoms with Crippen LogP contribution in [-0.4, -0.2) is 44.9 Å². The van der Waals surface area contributed by atoms with Crippen LogP contribution >= 0.6 is 17.2 Å². The van der Waals surface area contributed by atoms with Gasteiger partial charge in [0.15, 0.2) is 40.3 Å². The van der Waals surface area contributed by atoms with Crippen LogP contribution in [0.15, 0.2) is 146 Å². The van der Waals surface area contributed by atoms with Gasteiger partial charge in [-0.05, 0) is 67.4 Å². The van der Waals surface area contributed by atoms with E-state index < -0.39 is 28.8 Å². The lowest BCUT2D eigenvalue weighted by Gasteiger charge is -2.24. The highest BCUT2D eigenvalue weighted by atomic mass is 31.2. The minimum atomic E-state index is -2.59. The molecule has 0 fully saturated rings. The van der Waals surface area contributed by atoms with Crippen molar-refractivity contribution in [3.8, 4) is 46.0 Å². The van der Waals surface area contributed by atoms with Crippen molar-refractivity contribution in [2.45, 2.75) is 33.6 Å². The number of carbonyl (C=O) groups is 2. The second kappa shape index (κ2) is 24.7. The van der Waals surface area contributed by atoms with Gasteiger partial charge in [-0.2, -0.15) is 0 Å². The van der Waals surface area contributed by atoms with E-state index >= 15 is 0 Å². The van der Waals surface area contributed by atoms with E-state index in [0.717, 1.165) is 12.8 Å². The van der Waals surface area contributed by atoms with E-state index in [9.17, 15) is 14.5 Å². The molecule has 0 radical (unpaired) electrons. The summed E-state index contributed by atoms with van der Waals surface area (Å²) < 4.78 is 51.0. The quantitative estimate of drug-likeness (QED) is 0.0381. The summed E-state index contributed by atoms with van der Waals surface area (Å²) in [5.74, 6) is 1.76. The van der Waals surface area contributed by atoms with E-state index in [1.807, 2.05) is 26.0 Å². The Balaban J connectivity index is 0.000000550. The standard InChI is InChI=1S/C35H28O11P2.C10H16O.C2H6/c1-39-24-14-4-7-17-27(24)42-47(38)43-30-20-10-12-22-32(30)35(37)33-23(34(22)36)13-11-21-31(33)46-48(44-28-18-8-5-15-25(28)40-2)45-29-19-9-6-16-26(29)41-3;1-4-5-6-7-8-9-10(2)11-3;1-2/h4-21,38H,1-3H3;5-6,8-9H,2,4,7H2,1,3H3;1-2H3/b;6-5-,9-8-;. The molecule has 1 unspecified atom stereocenters. The Bertz CT molecular complexity index is 2240. The van der Waals surface area contributed by atoms with Crippen molar-refractivity contribution in [3.63, 3.8) is 0 Å². The van der Waals surface area contributed by atoms with Crippen molar-refractivity contribution < 1.29 is 56.0 Å². The van der Waals surface area contributed by atoms with Crippen LogP contribution < -0.4 is 36.8 Å². The Labute approximate surface area is 359 Å². The van der Waals surface area contributed by atoms with Crippen molar-refractivity contribution in [2.75, 3.05) is 28.4 Å². The van der Waals surface area contributed by atoms with Crippen LogP contribution in [0, 0.1) is 0 Å². The number of fused-ring (bicyclic) bond motifs is 2. The van der Waals surface area contributed by atoms with Crippen LogP contribution in [0.5, 0.6) is 46.0 Å². The van der Waals surface area contributed by atoms with Crippen LogP contribution in [0.3, 0.4) is 0 Å². The molecule has 1 atom stereocenters. The van der Waals surface area contributed by atoms with Gasteiger partial charge in [0.2, 0.25) is 5.78 Å². The van der Waals surface area contributed by atoms with Gasteiger partial charge in [0, 0.05) is 11.1 Å². The topological polar surface area (TPSA) is 137 Å². The fourth-order valence-electron chi connectivity index (χ4n) is 5.51. The molecule has 320 valence electrons. The van der Waals surface area contributed by atoms with Gasteiger partial charge < -0.3 is 46.5 Å². The van der Waals surface area contributed by atoms with Crippen molar-refractivity contribution >= 4 is 28.8 Å². The molecule has 0 heterocycles. The normalized spacial score (nSPS) is 11.8. The van der Waals surface area contributed by atoms with Gasteiger partial charge in [-0.1, -0.05) is 106 Å². The third-order valence-electron chi connectivity index (χ3n) is 8.32. The summed E-state index contributed by atoms with van der Waals surface area (Å²) in [6, 6.07) is 29.8. The van der Waals surface area contributed by atoms with E-state index in [4.69, 9.17) is 41.6 Å². The van der Waals surface area contributed by atoms with Gasteiger partial charge in [0.05, 0.1) is 39.6 Å². The number of allylic oxidation sites excluding steroid dienone is 4. The lowest BCUT2D eigenvalue weighted by atomic mass is 9.83. The summed E-state index contributed by atoms with van der Waals surface area (Å²) in [4.78, 5) is 38.8. The molecular formula is C47H50O12P2. The number of hydrogen-bond donors (Lipinski definition) is 1. The molecular weight excluding hydrogens is 818 g/mol. The number of ether oxygens (including phenoxy) is 4. The van der Waals surface area contributed by atoms with E-state index in [1.54, 1.807) is 92.0 Å². The number of methoxy groups -OCH3 is 4. The highest BCUT2D eigenvalue weighted by molar-refractivity contribution is 7.43. The molecule has 0 saturated heterocycles. The lowest BCUT2D eigenvalue weighted by molar-refractivity contribution is 0.0975. The van der Waals surface area contributed by atoms with Gasteiger partial charge in [-0.25, -0.2) is 0 Å². The molecule has 0 bridgehead atoms. The highest BCUT2D eigenvalue weighted by Crippen LogP contribution is 2.50. The molecule has 5 aromatic carbocycles. The average Bonchev–Trinajstić information content (AvgIpc) is 3.29. The van der Waals surface area contributed by atoms with Crippen LogP contribution in [0.2, 0.25) is 0 Å². The summed E-state index contributed by atoms with van der Waals surface area (Å²) in [5.41, 5.74) is 0.124. The SMILES string of the molecule is C=C(/C=C\C/C=C\CC)OC.CC.COc1ccccc1OP(O)Oc1cccc2c1C(=O)c1c(OP(Oc3ccccc3OC)Oc3ccccc3OC)cccc1C2=O. The maximum Gasteiger partial charge on any atom is 0.530 e. The molecule has 0 aromatic heterocycles. The summed E-state index contributed by atoms with van der Waals surface area (Å²) in [5, 5.41) is 0. The first-order chi connectivity index (χ1) is 29.7. The maximum absolute atomic E-state index is 14.3. The fraction of sp³-hybridized carbons (Fsp3) is 0.191. The van der Waals surface area contributed by atoms with Gasteiger partial charge in [0.1, 0.15) is 17.3 Å². The van der Waals surface area contributed by atoms with Crippen LogP contribution in [0.4, 0.5) is 0 Å². The van der Waals surface area contributed by atoms with Crippen molar-refractivity contribution in [1.29, 1.82) is 0 Å². The van der Waals surface area contributed by atoms with Crippen molar-refractivity contribution in [2.24, 2.45) is 0 Å². The number of hydrogen-bond acceptors (Lipinski definition) is 12. The van der Waals surface area contributed by atoms with Crippen molar-refractivity contribution in [1.82, 2.24) is 0 Å². The minimum absolute atomic E-state index is 0.0266. The molecule has 0 aliphatic heterocycles. The number of rotatable bonds is 18. The average molecular weight is 869 g/mol. The molecule has 1 aliphatic carbocycles. The molecule has 12 nitrogen and oxygen atoms in total. The summed E-state index contributed by atoms with van der Waals surface area (Å²) >= 11 is 0. The number of benzene rings is 5. The van der Waals surface area contributed by atoms with E-state index in [0.29, 0.717) is 34.5 Å². The predicted molar refractivity (Wildman–Crippen MR) is 239 cm³/mol. The first-order valence-corrected chi connectivity index (χ1v) is 21.4. The zero-order chi connectivity index (χ0) is 44.1. The molecule has 0 amide bonds. The van der Waals surface area contributed by atoms with Crippen molar-refractivity contribution in [3.05, 3.63) is 168 Å². The predicted octanol–water partition coefficient (Wildman–Crippen LogP) is 12.0. The Morgan fingerprint density at radius 2 is 0.934 bits per heavy atom. The lowest BCUT2D eigenvalue weighted by Crippen LogP contribution is -2.22. The molecule has 0 saturated carbocycles. The molecule has 14 heteroatoms. The second-order valence-electron chi connectivity index (χ2n) is 12.1. The third-order valence-corrected chi connectivity index (χ3v) is 10.1. The summed E-state index contributed by atoms with van der Waals surface area (Å²) in [6.45, 7) is 9.78. The molecule has 61 heavy (non-hydrogen) atoms. The Kier molecular flexibility index (Phi) is 19.2. The highest BCUT2D eigenvalue weighted by Gasteiger charge is 2.37. The van der Waals surface area contributed by atoms with Gasteiger partial charge in [-0.3, -0.25) is 9.59 Å². The monoisotopic (exact) mass is 868 g/mol. The second-order valence-corrected chi connectivity index (χ2v) is 13.9. The number of para-hydroxylation sites is 6. The number of carbonyl (C=O) groups excluding carboxylic acids is 2. The first kappa shape index (κ1) is 47.4. The zero-order valence-electron chi connectivity index (χ0n) is 35.2. The Morgan fingerprint density at radius 3 is 1.38 bits per heavy atom. The smallest absolute Gasteiger partial charge is 0.497 e. The molecule has 6 rings (SSSR count).